The van der Waals surface area contributed by atoms with Crippen molar-refractivity contribution in [2.75, 3.05) is 6.54 Å². The number of hydrogen-bond donors (Lipinski definition) is 0. The van der Waals surface area contributed by atoms with E-state index in [9.17, 15) is 4.79 Å². The molecule has 1 amide bonds. The highest BCUT2D eigenvalue weighted by molar-refractivity contribution is 7.09. The minimum absolute atomic E-state index is 0.0212. The second-order valence-electron chi connectivity index (χ2n) is 4.48. The average Bonchev–Trinajstić information content (AvgIpc) is 2.92. The number of rotatable bonds is 5. The number of aromatic nitrogens is 2. The summed E-state index contributed by atoms with van der Waals surface area (Å²) < 4.78 is 0. The Balaban J connectivity index is 2.05. The molecule has 4 nitrogen and oxygen atoms in total. The van der Waals surface area contributed by atoms with Gasteiger partial charge in [-0.1, -0.05) is 6.07 Å². The van der Waals surface area contributed by atoms with Crippen molar-refractivity contribution in [3.63, 3.8) is 0 Å². The maximum absolute atomic E-state index is 12.4. The van der Waals surface area contributed by atoms with Gasteiger partial charge in [0.25, 0.3) is 5.91 Å². The molecule has 0 N–H and O–H groups in total. The van der Waals surface area contributed by atoms with Crippen LogP contribution in [0.3, 0.4) is 0 Å². The second kappa shape index (κ2) is 6.43. The maximum Gasteiger partial charge on any atom is 0.272 e. The summed E-state index contributed by atoms with van der Waals surface area (Å²) in [4.78, 5) is 22.6. The van der Waals surface area contributed by atoms with Gasteiger partial charge in [-0.25, -0.2) is 4.98 Å². The third-order valence-corrected chi connectivity index (χ3v) is 3.66. The van der Waals surface area contributed by atoms with Crippen LogP contribution in [0.5, 0.6) is 0 Å². The number of thiazole rings is 1. The molecule has 19 heavy (non-hydrogen) atoms. The first-order valence-corrected chi connectivity index (χ1v) is 7.17. The molecule has 2 aromatic rings. The molecule has 0 saturated heterocycles. The molecule has 2 rings (SSSR count). The number of amides is 1. The maximum atomic E-state index is 12.4. The van der Waals surface area contributed by atoms with Crippen molar-refractivity contribution in [2.24, 2.45) is 0 Å². The Hall–Kier alpha value is -1.75. The minimum Gasteiger partial charge on any atom is -0.334 e. The van der Waals surface area contributed by atoms with Crippen LogP contribution in [0.2, 0.25) is 0 Å². The average molecular weight is 275 g/mol. The zero-order chi connectivity index (χ0) is 13.7. The first-order valence-electron chi connectivity index (χ1n) is 6.29. The summed E-state index contributed by atoms with van der Waals surface area (Å²) in [5.41, 5.74) is 0.496. The van der Waals surface area contributed by atoms with Crippen molar-refractivity contribution in [3.8, 4) is 0 Å². The van der Waals surface area contributed by atoms with Crippen LogP contribution in [0, 0.1) is 0 Å². The van der Waals surface area contributed by atoms with Crippen LogP contribution in [0.15, 0.2) is 36.0 Å². The first-order chi connectivity index (χ1) is 9.18. The molecule has 0 unspecified atom stereocenters. The smallest absolute Gasteiger partial charge is 0.272 e. The molecule has 100 valence electrons. The van der Waals surface area contributed by atoms with Crippen LogP contribution in [-0.4, -0.2) is 33.4 Å². The number of hydrogen-bond acceptors (Lipinski definition) is 4. The van der Waals surface area contributed by atoms with Gasteiger partial charge in [0.2, 0.25) is 0 Å². The monoisotopic (exact) mass is 275 g/mol. The van der Waals surface area contributed by atoms with Gasteiger partial charge in [-0.15, -0.1) is 11.3 Å². The van der Waals surface area contributed by atoms with Gasteiger partial charge in [0, 0.05) is 36.8 Å². The summed E-state index contributed by atoms with van der Waals surface area (Å²) in [6.07, 6.45) is 4.22. The van der Waals surface area contributed by atoms with E-state index < -0.39 is 0 Å². The Labute approximate surface area is 117 Å². The Morgan fingerprint density at radius 1 is 1.32 bits per heavy atom. The highest BCUT2D eigenvalue weighted by atomic mass is 32.1. The third kappa shape index (κ3) is 3.61. The van der Waals surface area contributed by atoms with E-state index in [2.05, 4.69) is 9.97 Å². The van der Waals surface area contributed by atoms with Crippen LogP contribution < -0.4 is 0 Å². The zero-order valence-electron chi connectivity index (χ0n) is 11.1. The molecule has 0 atom stereocenters. The predicted octanol–water partition coefficient (Wildman–Crippen LogP) is 2.63. The van der Waals surface area contributed by atoms with Crippen molar-refractivity contribution in [1.82, 2.24) is 14.9 Å². The van der Waals surface area contributed by atoms with E-state index in [-0.39, 0.29) is 11.9 Å². The molecule has 2 aromatic heterocycles. The molecule has 0 aromatic carbocycles. The lowest BCUT2D eigenvalue weighted by molar-refractivity contribution is 0.0702. The molecule has 0 radical (unpaired) electrons. The summed E-state index contributed by atoms with van der Waals surface area (Å²) in [7, 11) is 0. The quantitative estimate of drug-likeness (QED) is 0.842. The third-order valence-electron chi connectivity index (χ3n) is 2.82. The molecule has 0 aliphatic rings. The molecule has 0 aliphatic carbocycles. The second-order valence-corrected chi connectivity index (χ2v) is 5.46. The van der Waals surface area contributed by atoms with E-state index in [1.165, 1.54) is 0 Å². The highest BCUT2D eigenvalue weighted by Crippen LogP contribution is 2.10. The summed E-state index contributed by atoms with van der Waals surface area (Å²) >= 11 is 1.62. The minimum atomic E-state index is -0.0212. The molecular formula is C14H17N3OS. The zero-order valence-corrected chi connectivity index (χ0v) is 11.9. The van der Waals surface area contributed by atoms with E-state index >= 15 is 0 Å². The van der Waals surface area contributed by atoms with Gasteiger partial charge in [0.15, 0.2) is 0 Å². The van der Waals surface area contributed by atoms with Crippen molar-refractivity contribution in [2.45, 2.75) is 26.3 Å². The summed E-state index contributed by atoms with van der Waals surface area (Å²) in [5, 5.41) is 3.01. The fourth-order valence-corrected chi connectivity index (χ4v) is 2.43. The van der Waals surface area contributed by atoms with Crippen LogP contribution in [0.4, 0.5) is 0 Å². The fraction of sp³-hybridized carbons (Fsp3) is 0.357. The molecule has 5 heteroatoms. The molecular weight excluding hydrogens is 258 g/mol. The van der Waals surface area contributed by atoms with Gasteiger partial charge in [-0.3, -0.25) is 9.78 Å². The molecule has 0 bridgehead atoms. The summed E-state index contributed by atoms with van der Waals surface area (Å²) in [5.74, 6) is -0.0212. The Morgan fingerprint density at radius 2 is 2.16 bits per heavy atom. The fourth-order valence-electron chi connectivity index (χ4n) is 1.82. The normalized spacial score (nSPS) is 10.7. The van der Waals surface area contributed by atoms with Crippen LogP contribution in [0.1, 0.15) is 29.3 Å². The van der Waals surface area contributed by atoms with E-state index in [0.717, 1.165) is 11.4 Å². The lowest BCUT2D eigenvalue weighted by atomic mass is 10.2. The molecule has 0 aliphatic heterocycles. The number of nitrogens with zero attached hydrogens (tertiary/aromatic N) is 3. The van der Waals surface area contributed by atoms with E-state index in [4.69, 9.17) is 0 Å². The van der Waals surface area contributed by atoms with Crippen LogP contribution >= 0.6 is 11.3 Å². The van der Waals surface area contributed by atoms with Crippen molar-refractivity contribution in [1.29, 1.82) is 0 Å². The Bertz CT molecular complexity index is 511. The van der Waals surface area contributed by atoms with Crippen molar-refractivity contribution < 1.29 is 4.79 Å². The highest BCUT2D eigenvalue weighted by Gasteiger charge is 2.19. The molecule has 0 fully saturated rings. The van der Waals surface area contributed by atoms with E-state index in [1.54, 1.807) is 29.8 Å². The first kappa shape index (κ1) is 13.7. The van der Waals surface area contributed by atoms with Gasteiger partial charge in [0.05, 0.1) is 5.01 Å². The number of carbonyl (C=O) groups excluding carboxylic acids is 1. The topological polar surface area (TPSA) is 46.1 Å². The van der Waals surface area contributed by atoms with Crippen LogP contribution in [-0.2, 0) is 6.42 Å². The molecule has 2 heterocycles. The van der Waals surface area contributed by atoms with E-state index in [1.807, 2.05) is 36.3 Å². The van der Waals surface area contributed by atoms with Crippen molar-refractivity contribution >= 4 is 17.2 Å². The standard InChI is InChI=1S/C14H17N3OS/c1-11(2)17(9-6-13-16-8-10-19-13)14(18)12-5-3-4-7-15-12/h3-5,7-8,10-11H,6,9H2,1-2H3. The summed E-state index contributed by atoms with van der Waals surface area (Å²) in [6.45, 7) is 4.70. The molecule has 0 spiro atoms. The van der Waals surface area contributed by atoms with Gasteiger partial charge < -0.3 is 4.90 Å². The predicted molar refractivity (Wildman–Crippen MR) is 76.2 cm³/mol. The van der Waals surface area contributed by atoms with Crippen LogP contribution in [0.25, 0.3) is 0 Å². The Morgan fingerprint density at radius 3 is 2.74 bits per heavy atom. The summed E-state index contributed by atoms with van der Waals surface area (Å²) in [6, 6.07) is 5.54. The molecule has 0 saturated carbocycles. The number of pyridine rings is 1. The van der Waals surface area contributed by atoms with Gasteiger partial charge in [-0.05, 0) is 26.0 Å². The van der Waals surface area contributed by atoms with E-state index in [0.29, 0.717) is 12.2 Å². The largest absolute Gasteiger partial charge is 0.334 e. The Kier molecular flexibility index (Phi) is 4.63. The van der Waals surface area contributed by atoms with Gasteiger partial charge in [0.1, 0.15) is 5.69 Å². The lowest BCUT2D eigenvalue weighted by Gasteiger charge is -2.26. The lowest BCUT2D eigenvalue weighted by Crippen LogP contribution is -2.38. The SMILES string of the molecule is CC(C)N(CCc1nccs1)C(=O)c1ccccn1. The van der Waals surface area contributed by atoms with Gasteiger partial charge >= 0.3 is 0 Å². The van der Waals surface area contributed by atoms with Gasteiger partial charge in [-0.2, -0.15) is 0 Å². The number of carbonyl (C=O) groups is 1. The van der Waals surface area contributed by atoms with Crippen molar-refractivity contribution in [3.05, 3.63) is 46.7 Å².